The van der Waals surface area contributed by atoms with Gasteiger partial charge in [0.1, 0.15) is 23.9 Å². The van der Waals surface area contributed by atoms with Crippen LogP contribution in [-0.4, -0.2) is 55.5 Å². The van der Waals surface area contributed by atoms with E-state index in [1.54, 1.807) is 25.2 Å². The number of amides is 2. The Morgan fingerprint density at radius 3 is 2.32 bits per heavy atom. The summed E-state index contributed by atoms with van der Waals surface area (Å²) in [6.07, 6.45) is 0.553. The molecule has 0 spiro atoms. The van der Waals surface area contributed by atoms with Gasteiger partial charge in [-0.05, 0) is 61.2 Å². The Bertz CT molecular complexity index is 1210. The first-order chi connectivity index (χ1) is 17.7. The van der Waals surface area contributed by atoms with Crippen molar-refractivity contribution in [1.82, 2.24) is 9.80 Å². The summed E-state index contributed by atoms with van der Waals surface area (Å²) >= 11 is 0. The monoisotopic (exact) mass is 510 g/mol. The molecule has 1 heterocycles. The van der Waals surface area contributed by atoms with Gasteiger partial charge in [0.2, 0.25) is 5.91 Å². The number of halogens is 1. The molecule has 37 heavy (non-hydrogen) atoms. The summed E-state index contributed by atoms with van der Waals surface area (Å²) in [6.45, 7) is 6.54. The second kappa shape index (κ2) is 12.9. The van der Waals surface area contributed by atoms with Crippen molar-refractivity contribution < 1.29 is 27.9 Å². The molecule has 0 saturated carbocycles. The summed E-state index contributed by atoms with van der Waals surface area (Å²) in [5, 5.41) is 0. The van der Waals surface area contributed by atoms with Gasteiger partial charge < -0.3 is 23.7 Å². The average Bonchev–Trinajstić information content (AvgIpc) is 3.29. The highest BCUT2D eigenvalue weighted by Gasteiger charge is 2.25. The predicted molar refractivity (Wildman–Crippen MR) is 139 cm³/mol. The maximum Gasteiger partial charge on any atom is 0.257 e. The van der Waals surface area contributed by atoms with Crippen molar-refractivity contribution in [3.63, 3.8) is 0 Å². The van der Waals surface area contributed by atoms with E-state index in [-0.39, 0.29) is 30.5 Å². The highest BCUT2D eigenvalue weighted by atomic mass is 19.1. The zero-order valence-corrected chi connectivity index (χ0v) is 22.1. The lowest BCUT2D eigenvalue weighted by molar-refractivity contribution is -0.132. The van der Waals surface area contributed by atoms with Crippen LogP contribution in [0.4, 0.5) is 4.39 Å². The number of ether oxygens (including phenoxy) is 2. The number of nitrogens with zero attached hydrogens (tertiary/aromatic N) is 2. The van der Waals surface area contributed by atoms with Gasteiger partial charge >= 0.3 is 0 Å². The summed E-state index contributed by atoms with van der Waals surface area (Å²) in [6, 6.07) is 15.1. The Morgan fingerprint density at radius 2 is 1.70 bits per heavy atom. The number of aryl methyl sites for hydroxylation is 1. The van der Waals surface area contributed by atoms with Crippen molar-refractivity contribution in [3.05, 3.63) is 83.1 Å². The number of hydrogen-bond donors (Lipinski definition) is 0. The summed E-state index contributed by atoms with van der Waals surface area (Å²) in [7, 11) is 3.15. The number of carbonyl (C=O) groups is 2. The highest BCUT2D eigenvalue weighted by Crippen LogP contribution is 2.28. The molecule has 0 aliphatic carbocycles. The maximum absolute atomic E-state index is 14.4. The Labute approximate surface area is 217 Å². The highest BCUT2D eigenvalue weighted by molar-refractivity contribution is 5.96. The van der Waals surface area contributed by atoms with Crippen molar-refractivity contribution in [2.75, 3.05) is 33.9 Å². The van der Waals surface area contributed by atoms with Gasteiger partial charge in [0.05, 0.1) is 26.3 Å². The molecule has 2 aromatic carbocycles. The maximum atomic E-state index is 14.4. The van der Waals surface area contributed by atoms with Crippen molar-refractivity contribution in [3.8, 4) is 11.5 Å². The van der Waals surface area contributed by atoms with Crippen LogP contribution in [0.5, 0.6) is 11.5 Å². The lowest BCUT2D eigenvalue weighted by atomic mass is 10.1. The smallest absolute Gasteiger partial charge is 0.257 e. The summed E-state index contributed by atoms with van der Waals surface area (Å²) in [5.74, 6) is 1.36. The molecule has 3 aromatic rings. The van der Waals surface area contributed by atoms with E-state index in [1.807, 2.05) is 51.1 Å². The molecule has 0 radical (unpaired) electrons. The first kappa shape index (κ1) is 27.8. The second-order valence-corrected chi connectivity index (χ2v) is 9.33. The Morgan fingerprint density at radius 1 is 0.973 bits per heavy atom. The van der Waals surface area contributed by atoms with E-state index in [1.165, 1.54) is 23.1 Å². The number of carbonyl (C=O) groups excluding carboxylic acids is 2. The third-order valence-electron chi connectivity index (χ3n) is 5.92. The van der Waals surface area contributed by atoms with Gasteiger partial charge in [0.15, 0.2) is 11.5 Å². The van der Waals surface area contributed by atoms with Crippen molar-refractivity contribution in [2.45, 2.75) is 33.7 Å². The van der Waals surface area contributed by atoms with Crippen molar-refractivity contribution in [1.29, 1.82) is 0 Å². The third kappa shape index (κ3) is 7.59. The fourth-order valence-corrected chi connectivity index (χ4v) is 4.08. The number of furan rings is 1. The van der Waals surface area contributed by atoms with E-state index in [0.717, 1.165) is 11.3 Å². The molecule has 0 N–H and O–H groups in total. The van der Waals surface area contributed by atoms with Crippen LogP contribution >= 0.6 is 0 Å². The largest absolute Gasteiger partial charge is 0.493 e. The number of benzene rings is 2. The molecule has 0 fully saturated rings. The number of hydrogen-bond acceptors (Lipinski definition) is 5. The molecule has 2 amide bonds. The van der Waals surface area contributed by atoms with E-state index >= 15 is 0 Å². The molecule has 0 bridgehead atoms. The lowest BCUT2D eigenvalue weighted by Gasteiger charge is -2.28. The quantitative estimate of drug-likeness (QED) is 0.338. The number of methoxy groups -OCH3 is 2. The summed E-state index contributed by atoms with van der Waals surface area (Å²) in [5.41, 5.74) is 0.919. The topological polar surface area (TPSA) is 72.2 Å². The molecule has 0 aliphatic heterocycles. The van der Waals surface area contributed by atoms with Crippen LogP contribution in [0.15, 0.2) is 59.0 Å². The molecule has 0 saturated heterocycles. The Kier molecular flexibility index (Phi) is 9.71. The molecular formula is C29H35FN2O5. The van der Waals surface area contributed by atoms with Crippen LogP contribution in [0.25, 0.3) is 0 Å². The summed E-state index contributed by atoms with van der Waals surface area (Å²) in [4.78, 5) is 29.8. The fourth-order valence-electron chi connectivity index (χ4n) is 4.08. The predicted octanol–water partition coefficient (Wildman–Crippen LogP) is 5.11. The normalized spacial score (nSPS) is 10.9. The van der Waals surface area contributed by atoms with E-state index in [0.29, 0.717) is 36.8 Å². The first-order valence-electron chi connectivity index (χ1n) is 12.3. The molecule has 0 unspecified atom stereocenters. The standard InChI is InChI=1S/C29H35FN2O5/c1-20(2)17-32(29(34)24-8-6-7-9-25(24)30)19-28(33)31(18-23-12-10-21(3)37-23)15-14-22-11-13-26(35-4)27(16-22)36-5/h6-13,16,20H,14-15,17-19H2,1-5H3. The van der Waals surface area contributed by atoms with Crippen LogP contribution in [0.2, 0.25) is 0 Å². The van der Waals surface area contributed by atoms with Crippen molar-refractivity contribution in [2.24, 2.45) is 5.92 Å². The van der Waals surface area contributed by atoms with Gasteiger partial charge in [-0.1, -0.05) is 32.0 Å². The average molecular weight is 511 g/mol. The van der Waals surface area contributed by atoms with Gasteiger partial charge in [-0.3, -0.25) is 9.59 Å². The fraction of sp³-hybridized carbons (Fsp3) is 0.379. The van der Waals surface area contributed by atoms with Gasteiger partial charge in [0, 0.05) is 13.1 Å². The minimum absolute atomic E-state index is 0.0468. The SMILES string of the molecule is COc1ccc(CCN(Cc2ccc(C)o2)C(=O)CN(CC(C)C)C(=O)c2ccccc2F)cc1OC. The first-order valence-corrected chi connectivity index (χ1v) is 12.3. The zero-order valence-electron chi connectivity index (χ0n) is 22.1. The molecule has 0 aliphatic rings. The van der Waals surface area contributed by atoms with Crippen LogP contribution in [0.1, 0.15) is 41.3 Å². The Balaban J connectivity index is 1.81. The molecular weight excluding hydrogens is 475 g/mol. The van der Waals surface area contributed by atoms with Gasteiger partial charge in [-0.25, -0.2) is 4.39 Å². The van der Waals surface area contributed by atoms with E-state index in [2.05, 4.69) is 0 Å². The molecule has 1 aromatic heterocycles. The van der Waals surface area contributed by atoms with E-state index < -0.39 is 11.7 Å². The van der Waals surface area contributed by atoms with Gasteiger partial charge in [-0.2, -0.15) is 0 Å². The Hall–Kier alpha value is -3.81. The second-order valence-electron chi connectivity index (χ2n) is 9.33. The third-order valence-corrected chi connectivity index (χ3v) is 5.92. The van der Waals surface area contributed by atoms with E-state index in [9.17, 15) is 14.0 Å². The number of rotatable bonds is 12. The van der Waals surface area contributed by atoms with Gasteiger partial charge in [0.25, 0.3) is 5.91 Å². The molecule has 8 heteroatoms. The molecule has 3 rings (SSSR count). The minimum Gasteiger partial charge on any atom is -0.493 e. The molecule has 7 nitrogen and oxygen atoms in total. The van der Waals surface area contributed by atoms with Crippen LogP contribution in [0, 0.1) is 18.7 Å². The van der Waals surface area contributed by atoms with E-state index in [4.69, 9.17) is 13.9 Å². The van der Waals surface area contributed by atoms with Crippen LogP contribution in [-0.2, 0) is 17.8 Å². The minimum atomic E-state index is -0.606. The van der Waals surface area contributed by atoms with Crippen LogP contribution < -0.4 is 9.47 Å². The zero-order chi connectivity index (χ0) is 26.9. The molecule has 198 valence electrons. The summed E-state index contributed by atoms with van der Waals surface area (Å²) < 4.78 is 30.8. The van der Waals surface area contributed by atoms with Gasteiger partial charge in [-0.15, -0.1) is 0 Å². The molecule has 0 atom stereocenters. The van der Waals surface area contributed by atoms with Crippen LogP contribution in [0.3, 0.4) is 0 Å². The lowest BCUT2D eigenvalue weighted by Crippen LogP contribution is -2.44. The van der Waals surface area contributed by atoms with Crippen molar-refractivity contribution >= 4 is 11.8 Å².